The Hall–Kier alpha value is -2.58. The number of carboxylic acids is 1. The number of nitrogens with zero attached hydrogens (tertiary/aromatic N) is 2. The van der Waals surface area contributed by atoms with Gasteiger partial charge >= 0.3 is 5.97 Å². The molecular formula is C20H18FN3O2S2. The van der Waals surface area contributed by atoms with E-state index in [1.54, 1.807) is 12.1 Å². The van der Waals surface area contributed by atoms with Crippen LogP contribution in [0.5, 0.6) is 0 Å². The first-order chi connectivity index (χ1) is 13.6. The highest BCUT2D eigenvalue weighted by Crippen LogP contribution is 2.30. The molecule has 28 heavy (non-hydrogen) atoms. The van der Waals surface area contributed by atoms with E-state index < -0.39 is 5.97 Å². The van der Waals surface area contributed by atoms with Crippen molar-refractivity contribution in [1.82, 2.24) is 9.97 Å². The zero-order valence-electron chi connectivity index (χ0n) is 15.1. The number of halogens is 1. The number of anilines is 1. The zero-order valence-corrected chi connectivity index (χ0v) is 16.7. The Kier molecular flexibility index (Phi) is 6.89. The van der Waals surface area contributed by atoms with E-state index in [4.69, 9.17) is 0 Å². The van der Waals surface area contributed by atoms with E-state index in [2.05, 4.69) is 15.3 Å². The maximum Gasteiger partial charge on any atom is 0.342 e. The van der Waals surface area contributed by atoms with E-state index >= 15 is 0 Å². The number of thioether (sulfide) groups is 2. The molecule has 2 aromatic carbocycles. The van der Waals surface area contributed by atoms with Crippen molar-refractivity contribution in [2.45, 2.75) is 22.5 Å². The van der Waals surface area contributed by atoms with Gasteiger partial charge in [0.05, 0.1) is 0 Å². The van der Waals surface area contributed by atoms with Gasteiger partial charge in [0.25, 0.3) is 0 Å². The molecule has 3 aromatic rings. The van der Waals surface area contributed by atoms with Gasteiger partial charge in [-0.2, -0.15) is 0 Å². The maximum absolute atomic E-state index is 13.4. The van der Waals surface area contributed by atoms with Crippen LogP contribution in [0.4, 0.5) is 10.2 Å². The topological polar surface area (TPSA) is 75.1 Å². The van der Waals surface area contributed by atoms with Crippen LogP contribution < -0.4 is 5.32 Å². The summed E-state index contributed by atoms with van der Waals surface area (Å²) in [6.07, 6.45) is 1.83. The van der Waals surface area contributed by atoms with Gasteiger partial charge in [0.1, 0.15) is 22.2 Å². The Bertz CT molecular complexity index is 971. The van der Waals surface area contributed by atoms with Gasteiger partial charge < -0.3 is 10.4 Å². The van der Waals surface area contributed by atoms with Crippen molar-refractivity contribution in [3.8, 4) is 0 Å². The van der Waals surface area contributed by atoms with Crippen LogP contribution in [0, 0.1) is 5.82 Å². The number of carbonyl (C=O) groups is 1. The number of hydrogen-bond acceptors (Lipinski definition) is 6. The fraction of sp³-hybridized carbons (Fsp3) is 0.150. The monoisotopic (exact) mass is 415 g/mol. The van der Waals surface area contributed by atoms with Crippen molar-refractivity contribution in [2.75, 3.05) is 11.6 Å². The second-order valence-corrected chi connectivity index (χ2v) is 7.54. The average molecular weight is 416 g/mol. The molecule has 0 saturated carbocycles. The number of nitrogens with one attached hydrogen (secondary N) is 1. The average Bonchev–Trinajstić information content (AvgIpc) is 2.70. The first kappa shape index (κ1) is 20.2. The van der Waals surface area contributed by atoms with E-state index in [0.717, 1.165) is 5.56 Å². The molecule has 1 heterocycles. The molecular weight excluding hydrogens is 397 g/mol. The van der Waals surface area contributed by atoms with Crippen molar-refractivity contribution >= 4 is 35.3 Å². The minimum absolute atomic E-state index is 0.0233. The Labute approximate surface area is 170 Å². The van der Waals surface area contributed by atoms with Crippen LogP contribution in [-0.4, -0.2) is 27.3 Å². The molecule has 144 valence electrons. The molecule has 0 fully saturated rings. The first-order valence-corrected chi connectivity index (χ1v) is 10.6. The number of carboxylic acid groups (broad SMARTS) is 1. The van der Waals surface area contributed by atoms with Crippen molar-refractivity contribution < 1.29 is 14.3 Å². The molecule has 0 spiro atoms. The summed E-state index contributed by atoms with van der Waals surface area (Å²) in [5.74, 6) is -0.629. The van der Waals surface area contributed by atoms with E-state index in [9.17, 15) is 14.3 Å². The predicted octanol–water partition coefficient (Wildman–Crippen LogP) is 4.94. The van der Waals surface area contributed by atoms with Crippen molar-refractivity contribution in [3.63, 3.8) is 0 Å². The highest BCUT2D eigenvalue weighted by molar-refractivity contribution is 7.99. The van der Waals surface area contributed by atoms with Crippen LogP contribution in [-0.2, 0) is 12.3 Å². The molecule has 2 N–H and O–H groups in total. The third-order valence-electron chi connectivity index (χ3n) is 3.82. The zero-order chi connectivity index (χ0) is 19.9. The van der Waals surface area contributed by atoms with E-state index in [1.165, 1.54) is 35.7 Å². The minimum atomic E-state index is -1.11. The fourth-order valence-electron chi connectivity index (χ4n) is 2.50. The van der Waals surface area contributed by atoms with Crippen LogP contribution >= 0.6 is 23.5 Å². The quantitative estimate of drug-likeness (QED) is 0.307. The summed E-state index contributed by atoms with van der Waals surface area (Å²) >= 11 is 2.69. The summed E-state index contributed by atoms with van der Waals surface area (Å²) in [4.78, 5) is 20.6. The smallest absolute Gasteiger partial charge is 0.342 e. The molecule has 1 aromatic heterocycles. The molecule has 0 atom stereocenters. The van der Waals surface area contributed by atoms with E-state index in [-0.39, 0.29) is 23.7 Å². The number of hydrogen-bond donors (Lipinski definition) is 2. The minimum Gasteiger partial charge on any atom is -0.477 e. The lowest BCUT2D eigenvalue weighted by atomic mass is 10.2. The molecule has 0 saturated heterocycles. The number of aromatic nitrogens is 2. The summed E-state index contributed by atoms with van der Waals surface area (Å²) in [7, 11) is 0. The van der Waals surface area contributed by atoms with Crippen molar-refractivity contribution in [3.05, 3.63) is 77.1 Å². The molecule has 3 rings (SSSR count). The summed E-state index contributed by atoms with van der Waals surface area (Å²) < 4.78 is 13.4. The van der Waals surface area contributed by atoms with Gasteiger partial charge in [-0.25, -0.2) is 19.2 Å². The Morgan fingerprint density at radius 2 is 1.86 bits per heavy atom. The molecule has 8 heteroatoms. The van der Waals surface area contributed by atoms with Crippen LogP contribution in [0.1, 0.15) is 21.5 Å². The molecule has 0 radical (unpaired) electrons. The molecule has 0 aliphatic heterocycles. The van der Waals surface area contributed by atoms with Crippen LogP contribution in [0.3, 0.4) is 0 Å². The van der Waals surface area contributed by atoms with Gasteiger partial charge in [-0.05, 0) is 29.5 Å². The highest BCUT2D eigenvalue weighted by Gasteiger charge is 2.21. The second kappa shape index (κ2) is 9.57. The van der Waals surface area contributed by atoms with Crippen molar-refractivity contribution in [1.29, 1.82) is 0 Å². The van der Waals surface area contributed by atoms with Crippen LogP contribution in [0.15, 0.2) is 64.8 Å². The molecule has 0 amide bonds. The Balaban J connectivity index is 1.88. The standard InChI is InChI=1S/C20H18FN3O2S2/c1-27-20-23-17(22-11-14-8-5-9-15(21)10-14)16(19(25)26)18(24-20)28-12-13-6-3-2-4-7-13/h2-10H,11-12H2,1H3,(H,25,26)(H,22,23,24). The third kappa shape index (κ3) is 5.24. The molecule has 0 aliphatic rings. The Morgan fingerprint density at radius 1 is 1.11 bits per heavy atom. The molecule has 0 aliphatic carbocycles. The highest BCUT2D eigenvalue weighted by atomic mass is 32.2. The Morgan fingerprint density at radius 3 is 2.54 bits per heavy atom. The summed E-state index contributed by atoms with van der Waals surface area (Å²) in [5.41, 5.74) is 1.79. The molecule has 0 bridgehead atoms. The second-order valence-electron chi connectivity index (χ2n) is 5.80. The number of aromatic carboxylic acids is 1. The van der Waals surface area contributed by atoms with Crippen molar-refractivity contribution in [2.24, 2.45) is 0 Å². The fourth-order valence-corrected chi connectivity index (χ4v) is 3.89. The lowest BCUT2D eigenvalue weighted by Crippen LogP contribution is -2.12. The van der Waals surface area contributed by atoms with E-state index in [0.29, 0.717) is 21.5 Å². The van der Waals surface area contributed by atoms with Gasteiger partial charge in [-0.1, -0.05) is 54.2 Å². The summed E-state index contributed by atoms with van der Waals surface area (Å²) in [6, 6.07) is 15.9. The molecule has 0 unspecified atom stereocenters. The van der Waals surface area contributed by atoms with Gasteiger partial charge in [0, 0.05) is 12.3 Å². The number of rotatable bonds is 8. The van der Waals surface area contributed by atoms with E-state index in [1.807, 2.05) is 36.6 Å². The predicted molar refractivity (Wildman–Crippen MR) is 111 cm³/mol. The SMILES string of the molecule is CSc1nc(NCc2cccc(F)c2)c(C(=O)O)c(SCc2ccccc2)n1. The van der Waals surface area contributed by atoms with Gasteiger partial charge in [-0.3, -0.25) is 0 Å². The van der Waals surface area contributed by atoms with Crippen LogP contribution in [0.2, 0.25) is 0 Å². The summed E-state index contributed by atoms with van der Waals surface area (Å²) in [6.45, 7) is 0.256. The maximum atomic E-state index is 13.4. The van der Waals surface area contributed by atoms with Gasteiger partial charge in [-0.15, -0.1) is 11.8 Å². The normalized spacial score (nSPS) is 10.6. The summed E-state index contributed by atoms with van der Waals surface area (Å²) in [5, 5.41) is 13.6. The lowest BCUT2D eigenvalue weighted by Gasteiger charge is -2.13. The largest absolute Gasteiger partial charge is 0.477 e. The first-order valence-electron chi connectivity index (χ1n) is 8.41. The van der Waals surface area contributed by atoms with Gasteiger partial charge in [0.2, 0.25) is 0 Å². The number of benzene rings is 2. The third-order valence-corrected chi connectivity index (χ3v) is 5.41. The van der Waals surface area contributed by atoms with Gasteiger partial charge in [0.15, 0.2) is 5.16 Å². The molecule has 5 nitrogen and oxygen atoms in total. The lowest BCUT2D eigenvalue weighted by molar-refractivity contribution is 0.0692. The van der Waals surface area contributed by atoms with Crippen LogP contribution in [0.25, 0.3) is 0 Å².